The summed E-state index contributed by atoms with van der Waals surface area (Å²) in [6.07, 6.45) is 1.29. The van der Waals surface area contributed by atoms with E-state index in [0.717, 1.165) is 16.7 Å². The van der Waals surface area contributed by atoms with Gasteiger partial charge in [0.2, 0.25) is 0 Å². The normalized spacial score (nSPS) is 12.2. The quantitative estimate of drug-likeness (QED) is 0.667. The smallest absolute Gasteiger partial charge is 0.123 e. The number of hydrogen-bond acceptors (Lipinski definition) is 2. The van der Waals surface area contributed by atoms with Gasteiger partial charge in [0.15, 0.2) is 0 Å². The minimum Gasteiger partial charge on any atom is -0.507 e. The molecule has 2 heteroatoms. The zero-order valence-electron chi connectivity index (χ0n) is 7.83. The molecular weight excluding hydrogens is 162 g/mol. The molecule has 2 N–H and O–H groups in total. The van der Waals surface area contributed by atoms with Crippen molar-refractivity contribution in [1.29, 1.82) is 5.41 Å². The van der Waals surface area contributed by atoms with Crippen LogP contribution in [0.2, 0.25) is 0 Å². The number of benzene rings is 1. The summed E-state index contributed by atoms with van der Waals surface area (Å²) in [4.78, 5) is 0. The van der Waals surface area contributed by atoms with Crippen LogP contribution in [0.4, 0.5) is 0 Å². The summed E-state index contributed by atoms with van der Waals surface area (Å²) in [6.45, 7) is 3.75. The average Bonchev–Trinajstić information content (AvgIpc) is 2.16. The molecule has 0 atom stereocenters. The molecule has 0 aliphatic carbocycles. The standard InChI is InChI=1S/C11H13NO/c1-8(7-12)9(2)10-5-3-4-6-11(10)13/h3-7,12-13H,1-2H3/b9-8+,12-7?. The van der Waals surface area contributed by atoms with Crippen LogP contribution < -0.4 is 0 Å². The number of allylic oxidation sites excluding steroid dienone is 2. The maximum Gasteiger partial charge on any atom is 0.123 e. The van der Waals surface area contributed by atoms with Gasteiger partial charge >= 0.3 is 0 Å². The third-order valence-corrected chi connectivity index (χ3v) is 2.12. The first-order valence-electron chi connectivity index (χ1n) is 4.13. The Kier molecular flexibility index (Phi) is 2.85. The third kappa shape index (κ3) is 1.96. The molecule has 1 aromatic rings. The summed E-state index contributed by atoms with van der Waals surface area (Å²) in [6, 6.07) is 7.15. The van der Waals surface area contributed by atoms with Crippen LogP contribution in [0.15, 0.2) is 29.8 Å². The van der Waals surface area contributed by atoms with Crippen LogP contribution in [-0.4, -0.2) is 11.3 Å². The van der Waals surface area contributed by atoms with Gasteiger partial charge in [-0.3, -0.25) is 0 Å². The van der Waals surface area contributed by atoms with Gasteiger partial charge in [0.05, 0.1) is 0 Å². The van der Waals surface area contributed by atoms with Crippen molar-refractivity contribution in [2.75, 3.05) is 0 Å². The van der Waals surface area contributed by atoms with Gasteiger partial charge < -0.3 is 10.5 Å². The summed E-state index contributed by atoms with van der Waals surface area (Å²) < 4.78 is 0. The number of phenolic OH excluding ortho intramolecular Hbond substituents is 1. The van der Waals surface area contributed by atoms with Gasteiger partial charge in [-0.1, -0.05) is 18.2 Å². The largest absolute Gasteiger partial charge is 0.507 e. The second kappa shape index (κ2) is 3.90. The lowest BCUT2D eigenvalue weighted by Crippen LogP contribution is -1.86. The van der Waals surface area contributed by atoms with E-state index in [-0.39, 0.29) is 5.75 Å². The molecule has 0 saturated heterocycles. The van der Waals surface area contributed by atoms with Crippen LogP contribution in [-0.2, 0) is 0 Å². The van der Waals surface area contributed by atoms with Crippen molar-refractivity contribution in [3.05, 3.63) is 35.4 Å². The summed E-state index contributed by atoms with van der Waals surface area (Å²) in [5.74, 6) is 0.265. The molecule has 0 heterocycles. The fraction of sp³-hybridized carbons (Fsp3) is 0.182. The van der Waals surface area contributed by atoms with Crippen molar-refractivity contribution in [1.82, 2.24) is 0 Å². The van der Waals surface area contributed by atoms with Crippen molar-refractivity contribution in [2.45, 2.75) is 13.8 Å². The minimum atomic E-state index is 0.265. The lowest BCUT2D eigenvalue weighted by atomic mass is 10.0. The molecule has 0 bridgehead atoms. The molecule has 0 spiro atoms. The predicted molar refractivity (Wildman–Crippen MR) is 55.2 cm³/mol. The van der Waals surface area contributed by atoms with E-state index in [1.54, 1.807) is 12.1 Å². The number of nitrogens with one attached hydrogen (secondary N) is 1. The molecule has 0 aromatic heterocycles. The Bertz CT molecular complexity index is 353. The molecule has 0 aliphatic rings. The number of para-hydroxylation sites is 1. The number of rotatable bonds is 2. The fourth-order valence-corrected chi connectivity index (χ4v) is 1.11. The lowest BCUT2D eigenvalue weighted by molar-refractivity contribution is 0.473. The van der Waals surface area contributed by atoms with E-state index >= 15 is 0 Å². The Hall–Kier alpha value is -1.57. The molecule has 1 aromatic carbocycles. The highest BCUT2D eigenvalue weighted by Gasteiger charge is 2.02. The maximum absolute atomic E-state index is 9.52. The lowest BCUT2D eigenvalue weighted by Gasteiger charge is -2.05. The zero-order valence-corrected chi connectivity index (χ0v) is 7.83. The molecule has 13 heavy (non-hydrogen) atoms. The van der Waals surface area contributed by atoms with Crippen LogP contribution in [0.3, 0.4) is 0 Å². The molecule has 0 saturated carbocycles. The highest BCUT2D eigenvalue weighted by molar-refractivity contribution is 5.89. The summed E-state index contributed by atoms with van der Waals surface area (Å²) >= 11 is 0. The van der Waals surface area contributed by atoms with Crippen LogP contribution in [0.5, 0.6) is 5.75 Å². The molecule has 0 amide bonds. The first-order valence-corrected chi connectivity index (χ1v) is 4.13. The monoisotopic (exact) mass is 175 g/mol. The van der Waals surface area contributed by atoms with E-state index < -0.39 is 0 Å². The molecular formula is C11H13NO. The number of hydrogen-bond donors (Lipinski definition) is 2. The van der Waals surface area contributed by atoms with Gasteiger partial charge in [-0.25, -0.2) is 0 Å². The number of aromatic hydroxyl groups is 1. The van der Waals surface area contributed by atoms with Gasteiger partial charge in [-0.15, -0.1) is 0 Å². The van der Waals surface area contributed by atoms with E-state index in [0.29, 0.717) is 0 Å². The maximum atomic E-state index is 9.52. The molecule has 68 valence electrons. The van der Waals surface area contributed by atoms with Crippen LogP contribution >= 0.6 is 0 Å². The van der Waals surface area contributed by atoms with Gasteiger partial charge in [-0.05, 0) is 31.1 Å². The van der Waals surface area contributed by atoms with E-state index in [1.807, 2.05) is 26.0 Å². The van der Waals surface area contributed by atoms with Crippen LogP contribution in [0, 0.1) is 5.41 Å². The topological polar surface area (TPSA) is 44.1 Å². The van der Waals surface area contributed by atoms with Gasteiger partial charge in [0, 0.05) is 11.8 Å². The van der Waals surface area contributed by atoms with E-state index in [9.17, 15) is 5.11 Å². The summed E-state index contributed by atoms with van der Waals surface area (Å²) in [7, 11) is 0. The van der Waals surface area contributed by atoms with Crippen molar-refractivity contribution in [3.8, 4) is 5.75 Å². The SMILES string of the molecule is C/C(C=N)=C(/C)c1ccccc1O. The van der Waals surface area contributed by atoms with Crippen molar-refractivity contribution < 1.29 is 5.11 Å². The van der Waals surface area contributed by atoms with E-state index in [2.05, 4.69) is 0 Å². The first kappa shape index (κ1) is 9.52. The van der Waals surface area contributed by atoms with Crippen molar-refractivity contribution in [2.24, 2.45) is 0 Å². The Morgan fingerprint density at radius 1 is 1.31 bits per heavy atom. The first-order chi connectivity index (χ1) is 6.16. The van der Waals surface area contributed by atoms with E-state index in [4.69, 9.17) is 5.41 Å². The Morgan fingerprint density at radius 3 is 2.46 bits per heavy atom. The van der Waals surface area contributed by atoms with Crippen LogP contribution in [0.25, 0.3) is 5.57 Å². The van der Waals surface area contributed by atoms with Crippen molar-refractivity contribution in [3.63, 3.8) is 0 Å². The molecule has 2 nitrogen and oxygen atoms in total. The summed E-state index contributed by atoms with van der Waals surface area (Å²) in [5, 5.41) is 16.6. The van der Waals surface area contributed by atoms with Crippen LogP contribution in [0.1, 0.15) is 19.4 Å². The Labute approximate surface area is 78.0 Å². The van der Waals surface area contributed by atoms with Gasteiger partial charge in [0.25, 0.3) is 0 Å². The average molecular weight is 175 g/mol. The minimum absolute atomic E-state index is 0.265. The van der Waals surface area contributed by atoms with Gasteiger partial charge in [-0.2, -0.15) is 0 Å². The number of phenols is 1. The molecule has 0 aliphatic heterocycles. The molecule has 0 unspecified atom stereocenters. The molecule has 1 rings (SSSR count). The zero-order chi connectivity index (χ0) is 9.84. The third-order valence-electron chi connectivity index (χ3n) is 2.12. The molecule has 0 radical (unpaired) electrons. The fourth-order valence-electron chi connectivity index (χ4n) is 1.11. The molecule has 0 fully saturated rings. The van der Waals surface area contributed by atoms with E-state index in [1.165, 1.54) is 6.21 Å². The second-order valence-corrected chi connectivity index (χ2v) is 2.97. The predicted octanol–water partition coefficient (Wildman–Crippen LogP) is 2.84. The highest BCUT2D eigenvalue weighted by Crippen LogP contribution is 2.25. The Morgan fingerprint density at radius 2 is 1.92 bits per heavy atom. The Balaban J connectivity index is 3.23. The van der Waals surface area contributed by atoms with Crippen molar-refractivity contribution >= 4 is 11.8 Å². The second-order valence-electron chi connectivity index (χ2n) is 2.97. The highest BCUT2D eigenvalue weighted by atomic mass is 16.3. The summed E-state index contributed by atoms with van der Waals surface area (Å²) in [5.41, 5.74) is 2.60. The van der Waals surface area contributed by atoms with Gasteiger partial charge in [0.1, 0.15) is 5.75 Å².